The van der Waals surface area contributed by atoms with Gasteiger partial charge >= 0.3 is 0 Å². The number of ether oxygens (including phenoxy) is 1. The van der Waals surface area contributed by atoms with Crippen molar-refractivity contribution in [3.8, 4) is 11.5 Å². The van der Waals surface area contributed by atoms with Crippen LogP contribution in [0.25, 0.3) is 0 Å². The summed E-state index contributed by atoms with van der Waals surface area (Å²) in [5.41, 5.74) is 9.55. The van der Waals surface area contributed by atoms with E-state index in [0.29, 0.717) is 10.7 Å². The summed E-state index contributed by atoms with van der Waals surface area (Å²) in [5.74, 6) is 1.52. The first-order valence-corrected chi connectivity index (χ1v) is 7.06. The standard InChI is InChI=1S/C15H15BrClNO/c1-8-6-13(18)12(17)7-14(8)19-11-4-9(2)15(16)10(3)5-11/h4-7H,18H2,1-3H3. The number of rotatable bonds is 2. The highest BCUT2D eigenvalue weighted by atomic mass is 79.9. The van der Waals surface area contributed by atoms with Crippen molar-refractivity contribution in [2.45, 2.75) is 20.8 Å². The quantitative estimate of drug-likeness (QED) is 0.743. The van der Waals surface area contributed by atoms with Crippen molar-refractivity contribution in [3.63, 3.8) is 0 Å². The summed E-state index contributed by atoms with van der Waals surface area (Å²) in [6.07, 6.45) is 0. The third kappa shape index (κ3) is 3.04. The molecule has 0 fully saturated rings. The fourth-order valence-corrected chi connectivity index (χ4v) is 2.27. The Labute approximate surface area is 126 Å². The maximum absolute atomic E-state index is 6.03. The van der Waals surface area contributed by atoms with Crippen LogP contribution in [-0.2, 0) is 0 Å². The average Bonchev–Trinajstić information content (AvgIpc) is 2.33. The average molecular weight is 341 g/mol. The van der Waals surface area contributed by atoms with E-state index < -0.39 is 0 Å². The molecule has 0 saturated carbocycles. The molecule has 0 unspecified atom stereocenters. The highest BCUT2D eigenvalue weighted by molar-refractivity contribution is 9.10. The molecule has 0 bridgehead atoms. The van der Waals surface area contributed by atoms with E-state index in [1.807, 2.05) is 39.0 Å². The minimum atomic E-state index is 0.506. The Bertz CT molecular complexity index is 617. The monoisotopic (exact) mass is 339 g/mol. The molecule has 2 aromatic rings. The van der Waals surface area contributed by atoms with Crippen LogP contribution < -0.4 is 10.5 Å². The van der Waals surface area contributed by atoms with Crippen LogP contribution in [0.1, 0.15) is 16.7 Å². The zero-order chi connectivity index (χ0) is 14.2. The lowest BCUT2D eigenvalue weighted by Crippen LogP contribution is -1.93. The van der Waals surface area contributed by atoms with Gasteiger partial charge in [-0.05, 0) is 55.7 Å². The summed E-state index contributed by atoms with van der Waals surface area (Å²) in [5, 5.41) is 0.506. The molecule has 4 heteroatoms. The van der Waals surface area contributed by atoms with Crippen molar-refractivity contribution in [1.29, 1.82) is 0 Å². The molecule has 0 atom stereocenters. The number of halogens is 2. The Morgan fingerprint density at radius 3 is 2.16 bits per heavy atom. The maximum Gasteiger partial charge on any atom is 0.131 e. The molecule has 0 aromatic heterocycles. The van der Waals surface area contributed by atoms with Crippen LogP contribution in [0, 0.1) is 20.8 Å². The highest BCUT2D eigenvalue weighted by Crippen LogP contribution is 2.34. The van der Waals surface area contributed by atoms with E-state index in [1.54, 1.807) is 6.07 Å². The fraction of sp³-hybridized carbons (Fsp3) is 0.200. The van der Waals surface area contributed by atoms with E-state index in [9.17, 15) is 0 Å². The van der Waals surface area contributed by atoms with Crippen LogP contribution in [0.15, 0.2) is 28.7 Å². The van der Waals surface area contributed by atoms with Gasteiger partial charge in [0.25, 0.3) is 0 Å². The molecule has 19 heavy (non-hydrogen) atoms. The van der Waals surface area contributed by atoms with Crippen molar-refractivity contribution >= 4 is 33.2 Å². The first-order chi connectivity index (χ1) is 8.88. The molecule has 0 radical (unpaired) electrons. The normalized spacial score (nSPS) is 10.6. The summed E-state index contributed by atoms with van der Waals surface area (Å²) in [6.45, 7) is 6.01. The first kappa shape index (κ1) is 14.2. The Kier molecular flexibility index (Phi) is 4.07. The molecule has 0 heterocycles. The van der Waals surface area contributed by atoms with Crippen molar-refractivity contribution in [1.82, 2.24) is 0 Å². The molecule has 2 N–H and O–H groups in total. The molecule has 0 aliphatic heterocycles. The lowest BCUT2D eigenvalue weighted by molar-refractivity contribution is 0.478. The minimum Gasteiger partial charge on any atom is -0.457 e. The molecular formula is C15H15BrClNO. The van der Waals surface area contributed by atoms with Crippen LogP contribution in [-0.4, -0.2) is 0 Å². The molecule has 0 aliphatic rings. The Balaban J connectivity index is 2.39. The molecule has 0 amide bonds. The molecule has 0 aliphatic carbocycles. The van der Waals surface area contributed by atoms with Crippen LogP contribution in [0.4, 0.5) is 5.69 Å². The number of benzene rings is 2. The molecular weight excluding hydrogens is 326 g/mol. The maximum atomic E-state index is 6.03. The number of hydrogen-bond donors (Lipinski definition) is 1. The fourth-order valence-electron chi connectivity index (χ4n) is 1.89. The first-order valence-electron chi connectivity index (χ1n) is 5.88. The van der Waals surface area contributed by atoms with Gasteiger partial charge in [0.15, 0.2) is 0 Å². The van der Waals surface area contributed by atoms with Gasteiger partial charge in [-0.25, -0.2) is 0 Å². The van der Waals surface area contributed by atoms with Crippen molar-refractivity contribution in [3.05, 3.63) is 50.5 Å². The van der Waals surface area contributed by atoms with E-state index in [4.69, 9.17) is 22.1 Å². The van der Waals surface area contributed by atoms with Crippen LogP contribution >= 0.6 is 27.5 Å². The van der Waals surface area contributed by atoms with Crippen molar-refractivity contribution < 1.29 is 4.74 Å². The number of hydrogen-bond acceptors (Lipinski definition) is 2. The molecule has 2 aromatic carbocycles. The summed E-state index contributed by atoms with van der Waals surface area (Å²) in [4.78, 5) is 0. The van der Waals surface area contributed by atoms with Gasteiger partial charge in [-0.2, -0.15) is 0 Å². The van der Waals surface area contributed by atoms with Gasteiger partial charge in [0.05, 0.1) is 10.7 Å². The van der Waals surface area contributed by atoms with Gasteiger partial charge in [0.1, 0.15) is 11.5 Å². The number of anilines is 1. The number of nitrogen functional groups attached to an aromatic ring is 1. The van der Waals surface area contributed by atoms with Crippen molar-refractivity contribution in [2.75, 3.05) is 5.73 Å². The SMILES string of the molecule is Cc1cc(N)c(Cl)cc1Oc1cc(C)c(Br)c(C)c1. The van der Waals surface area contributed by atoms with Gasteiger partial charge in [0.2, 0.25) is 0 Å². The van der Waals surface area contributed by atoms with Crippen LogP contribution in [0.2, 0.25) is 5.02 Å². The van der Waals surface area contributed by atoms with Crippen molar-refractivity contribution in [2.24, 2.45) is 0 Å². The smallest absolute Gasteiger partial charge is 0.131 e. The number of nitrogens with two attached hydrogens (primary N) is 1. The van der Waals surface area contributed by atoms with E-state index >= 15 is 0 Å². The zero-order valence-corrected chi connectivity index (χ0v) is 13.4. The van der Waals surface area contributed by atoms with E-state index in [0.717, 1.165) is 32.7 Å². The summed E-state index contributed by atoms with van der Waals surface area (Å²) < 4.78 is 7.00. The van der Waals surface area contributed by atoms with Gasteiger partial charge in [-0.3, -0.25) is 0 Å². The second-order valence-corrected chi connectivity index (χ2v) is 5.81. The van der Waals surface area contributed by atoms with Crippen LogP contribution in [0.3, 0.4) is 0 Å². The number of aryl methyl sites for hydroxylation is 3. The van der Waals surface area contributed by atoms with Crippen LogP contribution in [0.5, 0.6) is 11.5 Å². The van der Waals surface area contributed by atoms with Gasteiger partial charge in [-0.1, -0.05) is 27.5 Å². The summed E-state index contributed by atoms with van der Waals surface area (Å²) >= 11 is 9.57. The highest BCUT2D eigenvalue weighted by Gasteiger charge is 2.08. The third-order valence-electron chi connectivity index (χ3n) is 2.93. The predicted molar refractivity (Wildman–Crippen MR) is 84.3 cm³/mol. The second kappa shape index (κ2) is 5.43. The Morgan fingerprint density at radius 1 is 1.00 bits per heavy atom. The Hall–Kier alpha value is -1.19. The lowest BCUT2D eigenvalue weighted by Gasteiger charge is -2.13. The van der Waals surface area contributed by atoms with E-state index in [-0.39, 0.29) is 0 Å². The molecule has 0 spiro atoms. The summed E-state index contributed by atoms with van der Waals surface area (Å²) in [6, 6.07) is 7.54. The topological polar surface area (TPSA) is 35.2 Å². The lowest BCUT2D eigenvalue weighted by atomic mass is 10.1. The Morgan fingerprint density at radius 2 is 1.58 bits per heavy atom. The predicted octanol–water partition coefficient (Wildman–Crippen LogP) is 5.40. The molecule has 2 nitrogen and oxygen atoms in total. The van der Waals surface area contributed by atoms with Gasteiger partial charge in [0, 0.05) is 10.5 Å². The van der Waals surface area contributed by atoms with Gasteiger partial charge in [-0.15, -0.1) is 0 Å². The summed E-state index contributed by atoms with van der Waals surface area (Å²) in [7, 11) is 0. The van der Waals surface area contributed by atoms with E-state index in [1.165, 1.54) is 0 Å². The molecule has 0 saturated heterocycles. The largest absolute Gasteiger partial charge is 0.457 e. The molecule has 100 valence electrons. The second-order valence-electron chi connectivity index (χ2n) is 4.61. The third-order valence-corrected chi connectivity index (χ3v) is 4.51. The minimum absolute atomic E-state index is 0.506. The molecule has 2 rings (SSSR count). The van der Waals surface area contributed by atoms with Gasteiger partial charge < -0.3 is 10.5 Å². The van der Waals surface area contributed by atoms with E-state index in [2.05, 4.69) is 15.9 Å². The zero-order valence-electron chi connectivity index (χ0n) is 11.1.